The number of halogens is 1. The summed E-state index contributed by atoms with van der Waals surface area (Å²) in [6, 6.07) is 7.77. The Balaban J connectivity index is 1.95. The molecule has 1 aromatic carbocycles. The molecule has 1 atom stereocenters. The summed E-state index contributed by atoms with van der Waals surface area (Å²) in [5, 5.41) is 9.57. The average molecular weight is 282 g/mol. The second-order valence-electron chi connectivity index (χ2n) is 5.06. The van der Waals surface area contributed by atoms with E-state index < -0.39 is 0 Å². The first kappa shape index (κ1) is 14.4. The second kappa shape index (κ2) is 6.92. The molecule has 1 heterocycles. The molecule has 0 radical (unpaired) electrons. The molecule has 1 unspecified atom stereocenters. The molecule has 2 rings (SSSR count). The van der Waals surface area contributed by atoms with E-state index in [1.807, 2.05) is 29.2 Å². The van der Waals surface area contributed by atoms with Gasteiger partial charge in [0.2, 0.25) is 5.91 Å². The van der Waals surface area contributed by atoms with E-state index in [-0.39, 0.29) is 12.5 Å². The molecule has 4 heteroatoms. The largest absolute Gasteiger partial charge is 0.396 e. The van der Waals surface area contributed by atoms with Gasteiger partial charge < -0.3 is 10.0 Å². The van der Waals surface area contributed by atoms with Gasteiger partial charge in [-0.25, -0.2) is 0 Å². The lowest BCUT2D eigenvalue weighted by Crippen LogP contribution is -2.36. The first-order valence-corrected chi connectivity index (χ1v) is 7.23. The lowest BCUT2D eigenvalue weighted by atomic mass is 10.1. The second-order valence-corrected chi connectivity index (χ2v) is 5.49. The van der Waals surface area contributed by atoms with E-state index in [0.29, 0.717) is 17.5 Å². The lowest BCUT2D eigenvalue weighted by Gasteiger charge is -2.24. The number of hydrogen-bond donors (Lipinski definition) is 1. The van der Waals surface area contributed by atoms with Crippen LogP contribution in [0.2, 0.25) is 5.02 Å². The van der Waals surface area contributed by atoms with Crippen molar-refractivity contribution in [3.63, 3.8) is 0 Å². The number of carbonyl (C=O) groups excluding carboxylic acids is 1. The summed E-state index contributed by atoms with van der Waals surface area (Å²) >= 11 is 5.93. The van der Waals surface area contributed by atoms with Gasteiger partial charge in [-0.05, 0) is 43.4 Å². The van der Waals surface area contributed by atoms with Crippen LogP contribution in [0.4, 0.5) is 0 Å². The van der Waals surface area contributed by atoms with Crippen LogP contribution in [0.25, 0.3) is 0 Å². The van der Waals surface area contributed by atoms with Gasteiger partial charge in [0.1, 0.15) is 0 Å². The number of aliphatic hydroxyl groups is 1. The van der Waals surface area contributed by atoms with Gasteiger partial charge in [-0.1, -0.05) is 23.7 Å². The van der Waals surface area contributed by atoms with E-state index in [4.69, 9.17) is 16.7 Å². The van der Waals surface area contributed by atoms with Crippen molar-refractivity contribution < 1.29 is 9.90 Å². The van der Waals surface area contributed by atoms with Crippen molar-refractivity contribution >= 4 is 17.5 Å². The van der Waals surface area contributed by atoms with Crippen LogP contribution >= 0.6 is 11.6 Å². The maximum absolute atomic E-state index is 12.3. The van der Waals surface area contributed by atoms with Crippen LogP contribution < -0.4 is 0 Å². The van der Waals surface area contributed by atoms with Crippen LogP contribution in [-0.2, 0) is 11.2 Å². The Hall–Kier alpha value is -1.06. The van der Waals surface area contributed by atoms with Crippen molar-refractivity contribution in [3.05, 3.63) is 34.9 Å². The predicted molar refractivity (Wildman–Crippen MR) is 76.2 cm³/mol. The molecule has 0 aliphatic carbocycles. The summed E-state index contributed by atoms with van der Waals surface area (Å²) in [6.07, 6.45) is 4.21. The minimum Gasteiger partial charge on any atom is -0.396 e. The van der Waals surface area contributed by atoms with Gasteiger partial charge in [0.05, 0.1) is 6.42 Å². The standard InChI is InChI=1S/C15H20ClNO2/c16-13-5-1-4-12(10-13)11-15(19)17-8-2-6-14(17)7-3-9-18/h1,4-5,10,14,18H,2-3,6-9,11H2. The number of benzene rings is 1. The zero-order chi connectivity index (χ0) is 13.7. The van der Waals surface area contributed by atoms with Gasteiger partial charge in [-0.15, -0.1) is 0 Å². The van der Waals surface area contributed by atoms with Gasteiger partial charge in [-0.3, -0.25) is 4.79 Å². The molecule has 1 N–H and O–H groups in total. The zero-order valence-electron chi connectivity index (χ0n) is 11.0. The normalized spacial score (nSPS) is 18.8. The van der Waals surface area contributed by atoms with E-state index in [0.717, 1.165) is 37.8 Å². The zero-order valence-corrected chi connectivity index (χ0v) is 11.8. The number of nitrogens with zero attached hydrogens (tertiary/aromatic N) is 1. The van der Waals surface area contributed by atoms with E-state index in [9.17, 15) is 4.79 Å². The number of hydrogen-bond acceptors (Lipinski definition) is 2. The highest BCUT2D eigenvalue weighted by Gasteiger charge is 2.27. The molecule has 1 amide bonds. The molecule has 0 saturated carbocycles. The SMILES string of the molecule is O=C(Cc1cccc(Cl)c1)N1CCCC1CCCO. The van der Waals surface area contributed by atoms with Gasteiger partial charge in [-0.2, -0.15) is 0 Å². The smallest absolute Gasteiger partial charge is 0.227 e. The maximum Gasteiger partial charge on any atom is 0.227 e. The highest BCUT2D eigenvalue weighted by molar-refractivity contribution is 6.30. The molecule has 1 aromatic rings. The molecule has 1 fully saturated rings. The van der Waals surface area contributed by atoms with Gasteiger partial charge in [0.15, 0.2) is 0 Å². The van der Waals surface area contributed by atoms with Crippen LogP contribution in [-0.4, -0.2) is 35.1 Å². The van der Waals surface area contributed by atoms with Crippen LogP contribution in [0.3, 0.4) is 0 Å². The third kappa shape index (κ3) is 3.95. The van der Waals surface area contributed by atoms with Crippen molar-refractivity contribution in [2.45, 2.75) is 38.1 Å². The predicted octanol–water partition coefficient (Wildman–Crippen LogP) is 2.65. The van der Waals surface area contributed by atoms with Crippen molar-refractivity contribution in [3.8, 4) is 0 Å². The number of aliphatic hydroxyl groups excluding tert-OH is 1. The molecule has 1 aliphatic rings. The minimum atomic E-state index is 0.169. The fraction of sp³-hybridized carbons (Fsp3) is 0.533. The Kier molecular flexibility index (Phi) is 5.23. The van der Waals surface area contributed by atoms with Gasteiger partial charge >= 0.3 is 0 Å². The Labute approximate surface area is 119 Å². The Bertz CT molecular complexity index is 436. The summed E-state index contributed by atoms with van der Waals surface area (Å²) < 4.78 is 0. The first-order chi connectivity index (χ1) is 9.20. The quantitative estimate of drug-likeness (QED) is 0.901. The molecule has 0 spiro atoms. The van der Waals surface area contributed by atoms with Crippen LogP contribution in [0, 0.1) is 0 Å². The molecular formula is C15H20ClNO2. The Morgan fingerprint density at radius 3 is 3.05 bits per heavy atom. The monoisotopic (exact) mass is 281 g/mol. The lowest BCUT2D eigenvalue weighted by molar-refractivity contribution is -0.131. The van der Waals surface area contributed by atoms with Crippen LogP contribution in [0.15, 0.2) is 24.3 Å². The molecule has 0 bridgehead atoms. The summed E-state index contributed by atoms with van der Waals surface area (Å²) in [5.41, 5.74) is 0.963. The van der Waals surface area contributed by atoms with Gasteiger partial charge in [0, 0.05) is 24.2 Å². The fourth-order valence-corrected chi connectivity index (χ4v) is 2.93. The molecule has 3 nitrogen and oxygen atoms in total. The highest BCUT2D eigenvalue weighted by Crippen LogP contribution is 2.22. The fourth-order valence-electron chi connectivity index (χ4n) is 2.71. The van der Waals surface area contributed by atoms with E-state index in [1.54, 1.807) is 0 Å². The highest BCUT2D eigenvalue weighted by atomic mass is 35.5. The Morgan fingerprint density at radius 1 is 1.47 bits per heavy atom. The third-order valence-corrected chi connectivity index (χ3v) is 3.87. The number of rotatable bonds is 5. The molecule has 104 valence electrons. The average Bonchev–Trinajstić information content (AvgIpc) is 2.84. The summed E-state index contributed by atoms with van der Waals surface area (Å²) in [4.78, 5) is 14.3. The van der Waals surface area contributed by atoms with Gasteiger partial charge in [0.25, 0.3) is 0 Å². The molecule has 1 saturated heterocycles. The number of carbonyl (C=O) groups is 1. The van der Waals surface area contributed by atoms with Crippen molar-refractivity contribution in [1.82, 2.24) is 4.90 Å². The molecule has 19 heavy (non-hydrogen) atoms. The first-order valence-electron chi connectivity index (χ1n) is 6.85. The summed E-state index contributed by atoms with van der Waals surface area (Å²) in [6.45, 7) is 1.04. The molecule has 0 aromatic heterocycles. The third-order valence-electron chi connectivity index (χ3n) is 3.64. The summed E-state index contributed by atoms with van der Waals surface area (Å²) in [5.74, 6) is 0.169. The van der Waals surface area contributed by atoms with Crippen LogP contribution in [0.5, 0.6) is 0 Å². The Morgan fingerprint density at radius 2 is 2.32 bits per heavy atom. The molecular weight excluding hydrogens is 262 g/mol. The maximum atomic E-state index is 12.3. The topological polar surface area (TPSA) is 40.5 Å². The molecule has 1 aliphatic heterocycles. The van der Waals surface area contributed by atoms with Crippen LogP contribution in [0.1, 0.15) is 31.2 Å². The minimum absolute atomic E-state index is 0.169. The summed E-state index contributed by atoms with van der Waals surface area (Å²) in [7, 11) is 0. The van der Waals surface area contributed by atoms with E-state index >= 15 is 0 Å². The van der Waals surface area contributed by atoms with E-state index in [2.05, 4.69) is 0 Å². The number of likely N-dealkylation sites (tertiary alicyclic amines) is 1. The number of amides is 1. The van der Waals surface area contributed by atoms with E-state index in [1.165, 1.54) is 0 Å². The van der Waals surface area contributed by atoms with Crippen molar-refractivity contribution in [1.29, 1.82) is 0 Å². The van der Waals surface area contributed by atoms with Crippen molar-refractivity contribution in [2.24, 2.45) is 0 Å². The van der Waals surface area contributed by atoms with Crippen molar-refractivity contribution in [2.75, 3.05) is 13.2 Å².